The fraction of sp³-hybridized carbons (Fsp3) is 0.350. The summed E-state index contributed by atoms with van der Waals surface area (Å²) in [5, 5.41) is 14.8. The molecule has 0 radical (unpaired) electrons. The Morgan fingerprint density at radius 2 is 2.00 bits per heavy atom. The first-order chi connectivity index (χ1) is 13.2. The minimum atomic E-state index is 0. The zero-order chi connectivity index (χ0) is 19.1. The lowest BCUT2D eigenvalue weighted by Gasteiger charge is -2.10. The number of nitrogens with zero attached hydrogens (tertiary/aromatic N) is 4. The van der Waals surface area contributed by atoms with Crippen molar-refractivity contribution in [2.75, 3.05) is 6.54 Å². The molecule has 28 heavy (non-hydrogen) atoms. The lowest BCUT2D eigenvalue weighted by atomic mass is 10.1. The number of guanidine groups is 1. The average Bonchev–Trinajstić information content (AvgIpc) is 3.36. The van der Waals surface area contributed by atoms with Crippen LogP contribution in [0.5, 0.6) is 0 Å². The van der Waals surface area contributed by atoms with Gasteiger partial charge in [-0.1, -0.05) is 31.1 Å². The van der Waals surface area contributed by atoms with E-state index < -0.39 is 0 Å². The van der Waals surface area contributed by atoms with Crippen LogP contribution in [0.2, 0.25) is 0 Å². The van der Waals surface area contributed by atoms with E-state index in [0.29, 0.717) is 19.0 Å². The monoisotopic (exact) mass is 494 g/mol. The molecule has 0 aliphatic rings. The van der Waals surface area contributed by atoms with E-state index >= 15 is 0 Å². The minimum absolute atomic E-state index is 0. The molecule has 8 heteroatoms. The second-order valence-electron chi connectivity index (χ2n) is 6.54. The summed E-state index contributed by atoms with van der Waals surface area (Å²) in [5.74, 6) is 1.90. The molecule has 0 amide bonds. The zero-order valence-corrected chi connectivity index (χ0v) is 18.8. The van der Waals surface area contributed by atoms with Crippen LogP contribution in [-0.4, -0.2) is 27.4 Å². The largest absolute Gasteiger partial charge is 0.359 e. The Balaban J connectivity index is 0.00000280. The van der Waals surface area contributed by atoms with E-state index in [1.54, 1.807) is 6.20 Å². The first kappa shape index (κ1) is 21.9. The molecule has 0 spiro atoms. The zero-order valence-electron chi connectivity index (χ0n) is 16.4. The van der Waals surface area contributed by atoms with Crippen molar-refractivity contribution in [3.63, 3.8) is 0 Å². The van der Waals surface area contributed by atoms with Gasteiger partial charge in [-0.2, -0.15) is 5.10 Å². The van der Waals surface area contributed by atoms with Gasteiger partial charge in [0.25, 0.3) is 0 Å². The summed E-state index contributed by atoms with van der Waals surface area (Å²) in [5.41, 5.74) is 3.12. The van der Waals surface area contributed by atoms with E-state index in [4.69, 9.17) is 4.52 Å². The van der Waals surface area contributed by atoms with Gasteiger partial charge in [0.15, 0.2) is 11.7 Å². The average molecular weight is 494 g/mol. The van der Waals surface area contributed by atoms with Gasteiger partial charge in [0.2, 0.25) is 0 Å². The van der Waals surface area contributed by atoms with Crippen molar-refractivity contribution in [2.24, 2.45) is 4.99 Å². The van der Waals surface area contributed by atoms with E-state index in [1.165, 1.54) is 0 Å². The SMILES string of the molecule is CCNC(=NCc1ccc(-n2cccn2)cc1)NCc1cc(C(C)C)no1.I. The maximum absolute atomic E-state index is 5.36. The van der Waals surface area contributed by atoms with Gasteiger partial charge in [-0.25, -0.2) is 9.67 Å². The standard InChI is InChI=1S/C20H26N6O.HI/c1-4-21-20(23-14-18-12-19(15(2)3)25-27-18)22-13-16-6-8-17(9-7-16)26-11-5-10-24-26;/h5-12,15H,4,13-14H2,1-3H3,(H2,21,22,23);1H. The molecule has 1 aromatic carbocycles. The third-order valence-corrected chi connectivity index (χ3v) is 4.07. The molecule has 0 aliphatic heterocycles. The molecule has 0 saturated heterocycles. The van der Waals surface area contributed by atoms with Crippen LogP contribution >= 0.6 is 24.0 Å². The summed E-state index contributed by atoms with van der Waals surface area (Å²) in [4.78, 5) is 4.64. The molecule has 0 saturated carbocycles. The fourth-order valence-electron chi connectivity index (χ4n) is 2.54. The number of benzene rings is 1. The molecule has 3 rings (SSSR count). The van der Waals surface area contributed by atoms with Crippen molar-refractivity contribution < 1.29 is 4.52 Å². The lowest BCUT2D eigenvalue weighted by molar-refractivity contribution is 0.372. The van der Waals surface area contributed by atoms with Gasteiger partial charge in [-0.15, -0.1) is 24.0 Å². The van der Waals surface area contributed by atoms with E-state index in [0.717, 1.165) is 35.2 Å². The van der Waals surface area contributed by atoms with Gasteiger partial charge in [0, 0.05) is 25.0 Å². The molecule has 0 unspecified atom stereocenters. The quantitative estimate of drug-likeness (QED) is 0.296. The van der Waals surface area contributed by atoms with Crippen LogP contribution in [0.25, 0.3) is 5.69 Å². The normalized spacial score (nSPS) is 11.4. The van der Waals surface area contributed by atoms with Crippen LogP contribution in [0.3, 0.4) is 0 Å². The van der Waals surface area contributed by atoms with Gasteiger partial charge >= 0.3 is 0 Å². The molecule has 0 bridgehead atoms. The van der Waals surface area contributed by atoms with Gasteiger partial charge < -0.3 is 15.2 Å². The Hall–Kier alpha value is -2.36. The highest BCUT2D eigenvalue weighted by atomic mass is 127. The summed E-state index contributed by atoms with van der Waals surface area (Å²) >= 11 is 0. The van der Waals surface area contributed by atoms with Gasteiger partial charge in [-0.05, 0) is 36.6 Å². The highest BCUT2D eigenvalue weighted by molar-refractivity contribution is 14.0. The molecule has 2 heterocycles. The van der Waals surface area contributed by atoms with E-state index in [9.17, 15) is 0 Å². The summed E-state index contributed by atoms with van der Waals surface area (Å²) in [6.45, 7) is 8.15. The summed E-state index contributed by atoms with van der Waals surface area (Å²) < 4.78 is 7.20. The second-order valence-corrected chi connectivity index (χ2v) is 6.54. The molecular weight excluding hydrogens is 467 g/mol. The second kappa shape index (κ2) is 10.8. The van der Waals surface area contributed by atoms with Crippen LogP contribution in [0.15, 0.2) is 58.3 Å². The Kier molecular flexibility index (Phi) is 8.49. The number of aliphatic imine (C=N–C) groups is 1. The predicted molar refractivity (Wildman–Crippen MR) is 121 cm³/mol. The van der Waals surface area contributed by atoms with Crippen molar-refractivity contribution >= 4 is 29.9 Å². The number of hydrogen-bond acceptors (Lipinski definition) is 4. The number of aromatic nitrogens is 3. The topological polar surface area (TPSA) is 80.3 Å². The fourth-order valence-corrected chi connectivity index (χ4v) is 2.54. The van der Waals surface area contributed by atoms with Crippen LogP contribution < -0.4 is 10.6 Å². The Labute approximate surface area is 182 Å². The number of nitrogens with one attached hydrogen (secondary N) is 2. The molecular formula is C20H27IN6O. The molecule has 0 fully saturated rings. The Morgan fingerprint density at radius 3 is 2.61 bits per heavy atom. The van der Waals surface area contributed by atoms with E-state index in [1.807, 2.05) is 42.1 Å². The van der Waals surface area contributed by atoms with Crippen molar-refractivity contribution in [2.45, 2.75) is 39.8 Å². The first-order valence-electron chi connectivity index (χ1n) is 9.22. The summed E-state index contributed by atoms with van der Waals surface area (Å²) in [7, 11) is 0. The van der Waals surface area contributed by atoms with Crippen molar-refractivity contribution in [1.29, 1.82) is 0 Å². The molecule has 7 nitrogen and oxygen atoms in total. The molecule has 150 valence electrons. The Bertz CT molecular complexity index is 855. The van der Waals surface area contributed by atoms with Crippen molar-refractivity contribution in [1.82, 2.24) is 25.6 Å². The van der Waals surface area contributed by atoms with Gasteiger partial charge in [0.1, 0.15) is 0 Å². The third kappa shape index (κ3) is 6.08. The van der Waals surface area contributed by atoms with Crippen LogP contribution in [0.4, 0.5) is 0 Å². The highest BCUT2D eigenvalue weighted by Crippen LogP contribution is 2.14. The third-order valence-electron chi connectivity index (χ3n) is 4.07. The van der Waals surface area contributed by atoms with Crippen molar-refractivity contribution in [3.8, 4) is 5.69 Å². The maximum Gasteiger partial charge on any atom is 0.191 e. The molecule has 0 aliphatic carbocycles. The number of hydrogen-bond donors (Lipinski definition) is 2. The van der Waals surface area contributed by atoms with Crippen molar-refractivity contribution in [3.05, 3.63) is 65.8 Å². The minimum Gasteiger partial charge on any atom is -0.359 e. The first-order valence-corrected chi connectivity index (χ1v) is 9.22. The van der Waals surface area contributed by atoms with E-state index in [-0.39, 0.29) is 24.0 Å². The molecule has 3 aromatic rings. The van der Waals surface area contributed by atoms with Gasteiger partial charge in [0.05, 0.1) is 24.5 Å². The smallest absolute Gasteiger partial charge is 0.191 e. The molecule has 0 atom stereocenters. The number of halogens is 1. The van der Waals surface area contributed by atoms with Crippen LogP contribution in [-0.2, 0) is 13.1 Å². The molecule has 2 N–H and O–H groups in total. The summed E-state index contributed by atoms with van der Waals surface area (Å²) in [6.07, 6.45) is 3.69. The Morgan fingerprint density at radius 1 is 1.21 bits per heavy atom. The molecule has 2 aromatic heterocycles. The number of rotatable bonds is 7. The van der Waals surface area contributed by atoms with Crippen LogP contribution in [0, 0.1) is 0 Å². The maximum atomic E-state index is 5.36. The van der Waals surface area contributed by atoms with Gasteiger partial charge in [-0.3, -0.25) is 0 Å². The summed E-state index contributed by atoms with van der Waals surface area (Å²) in [6, 6.07) is 12.1. The van der Waals surface area contributed by atoms with Crippen LogP contribution in [0.1, 0.15) is 43.7 Å². The highest BCUT2D eigenvalue weighted by Gasteiger charge is 2.08. The van der Waals surface area contributed by atoms with E-state index in [2.05, 4.69) is 51.9 Å². The lowest BCUT2D eigenvalue weighted by Crippen LogP contribution is -2.36. The predicted octanol–water partition coefficient (Wildman–Crippen LogP) is 3.86.